The molecule has 2 atom stereocenters. The third-order valence-electron chi connectivity index (χ3n) is 6.09. The van der Waals surface area contributed by atoms with Gasteiger partial charge in [-0.15, -0.1) is 0 Å². The number of aliphatic hydroxyl groups is 1. The second kappa shape index (κ2) is 5.94. The van der Waals surface area contributed by atoms with E-state index in [-0.39, 0.29) is 5.60 Å². The van der Waals surface area contributed by atoms with Crippen molar-refractivity contribution in [2.45, 2.75) is 75.4 Å². The lowest BCUT2D eigenvalue weighted by molar-refractivity contribution is -0.158. The highest BCUT2D eigenvalue weighted by Gasteiger charge is 2.46. The van der Waals surface area contributed by atoms with E-state index in [1.54, 1.807) is 0 Å². The molecule has 1 spiro atoms. The first-order valence-electron chi connectivity index (χ1n) is 8.67. The third kappa shape index (κ3) is 3.05. The van der Waals surface area contributed by atoms with Crippen molar-refractivity contribution in [3.63, 3.8) is 0 Å². The summed E-state index contributed by atoms with van der Waals surface area (Å²) < 4.78 is 6.20. The molecule has 3 fully saturated rings. The molecule has 3 aliphatic rings. The van der Waals surface area contributed by atoms with Crippen molar-refractivity contribution in [1.82, 2.24) is 4.90 Å². The van der Waals surface area contributed by atoms with Gasteiger partial charge in [0.2, 0.25) is 0 Å². The first-order chi connectivity index (χ1) is 9.62. The molecular formula is C17H31NO2. The fourth-order valence-corrected chi connectivity index (χ4v) is 4.72. The number of ether oxygens (including phenoxy) is 1. The van der Waals surface area contributed by atoms with Crippen molar-refractivity contribution in [2.75, 3.05) is 26.7 Å². The average molecular weight is 281 g/mol. The van der Waals surface area contributed by atoms with Crippen LogP contribution in [-0.2, 0) is 4.74 Å². The summed E-state index contributed by atoms with van der Waals surface area (Å²) >= 11 is 0. The van der Waals surface area contributed by atoms with E-state index in [1.807, 2.05) is 0 Å². The Morgan fingerprint density at radius 2 is 1.80 bits per heavy atom. The summed E-state index contributed by atoms with van der Waals surface area (Å²) in [6.45, 7) is 3.04. The zero-order valence-electron chi connectivity index (χ0n) is 13.1. The van der Waals surface area contributed by atoms with Crippen LogP contribution in [0.4, 0.5) is 0 Å². The van der Waals surface area contributed by atoms with Crippen molar-refractivity contribution >= 4 is 0 Å². The van der Waals surface area contributed by atoms with Gasteiger partial charge in [-0.1, -0.05) is 19.3 Å². The molecule has 3 rings (SSSR count). The van der Waals surface area contributed by atoms with Crippen LogP contribution in [0.2, 0.25) is 0 Å². The maximum Gasteiger partial charge on any atom is 0.0690 e. The molecule has 3 heteroatoms. The van der Waals surface area contributed by atoms with Crippen LogP contribution in [0.1, 0.15) is 64.2 Å². The highest BCUT2D eigenvalue weighted by molar-refractivity contribution is 4.97. The van der Waals surface area contributed by atoms with E-state index in [0.29, 0.717) is 5.92 Å². The van der Waals surface area contributed by atoms with Gasteiger partial charge in [0.25, 0.3) is 0 Å². The molecule has 0 bridgehead atoms. The van der Waals surface area contributed by atoms with E-state index in [4.69, 9.17) is 4.74 Å². The molecule has 1 saturated carbocycles. The van der Waals surface area contributed by atoms with Gasteiger partial charge >= 0.3 is 0 Å². The number of hydrogen-bond donors (Lipinski definition) is 1. The molecular weight excluding hydrogens is 250 g/mol. The summed E-state index contributed by atoms with van der Waals surface area (Å²) in [4.78, 5) is 2.37. The lowest BCUT2D eigenvalue weighted by Crippen LogP contribution is -2.49. The van der Waals surface area contributed by atoms with Gasteiger partial charge in [-0.3, -0.25) is 0 Å². The lowest BCUT2D eigenvalue weighted by atomic mass is 9.69. The molecule has 0 aromatic carbocycles. The Hall–Kier alpha value is -0.120. The van der Waals surface area contributed by atoms with Gasteiger partial charge in [-0.2, -0.15) is 0 Å². The number of nitrogens with zero attached hydrogens (tertiary/aromatic N) is 1. The molecule has 2 unspecified atom stereocenters. The molecule has 0 aromatic heterocycles. The molecule has 1 aliphatic carbocycles. The summed E-state index contributed by atoms with van der Waals surface area (Å²) in [6, 6.07) is 0. The predicted molar refractivity (Wildman–Crippen MR) is 80.8 cm³/mol. The van der Waals surface area contributed by atoms with E-state index < -0.39 is 5.60 Å². The van der Waals surface area contributed by atoms with Crippen LogP contribution in [0.15, 0.2) is 0 Å². The van der Waals surface area contributed by atoms with Crippen LogP contribution < -0.4 is 0 Å². The molecule has 2 aliphatic heterocycles. The smallest absolute Gasteiger partial charge is 0.0690 e. The molecule has 1 N–H and O–H groups in total. The topological polar surface area (TPSA) is 32.7 Å². The summed E-state index contributed by atoms with van der Waals surface area (Å²) in [5.74, 6) is 0.459. The molecule has 0 amide bonds. The van der Waals surface area contributed by atoms with Crippen LogP contribution in [0, 0.1) is 5.92 Å². The number of hydrogen-bond acceptors (Lipinski definition) is 3. The Labute approximate surface area is 123 Å². The maximum atomic E-state index is 11.2. The second-order valence-electron chi connectivity index (χ2n) is 7.54. The van der Waals surface area contributed by atoms with Crippen LogP contribution >= 0.6 is 0 Å². The molecule has 20 heavy (non-hydrogen) atoms. The van der Waals surface area contributed by atoms with E-state index >= 15 is 0 Å². The SMILES string of the molecule is CN1CCCC(O)(C2CCOC3(CCCCC3)C2)CC1. The van der Waals surface area contributed by atoms with Gasteiger partial charge in [0.15, 0.2) is 0 Å². The summed E-state index contributed by atoms with van der Waals surface area (Å²) in [5, 5.41) is 11.2. The van der Waals surface area contributed by atoms with Gasteiger partial charge in [0.1, 0.15) is 0 Å². The average Bonchev–Trinajstić information content (AvgIpc) is 2.63. The highest BCUT2D eigenvalue weighted by Crippen LogP contribution is 2.46. The zero-order chi connectivity index (χ0) is 14.1. The van der Waals surface area contributed by atoms with Gasteiger partial charge < -0.3 is 14.7 Å². The summed E-state index contributed by atoms with van der Waals surface area (Å²) in [6.07, 6.45) is 11.7. The predicted octanol–water partition coefficient (Wildman–Crippen LogP) is 2.96. The molecule has 2 heterocycles. The normalized spacial score (nSPS) is 39.6. The first kappa shape index (κ1) is 14.8. The Balaban J connectivity index is 1.69. The monoisotopic (exact) mass is 281 g/mol. The van der Waals surface area contributed by atoms with Gasteiger partial charge in [-0.25, -0.2) is 0 Å². The molecule has 2 saturated heterocycles. The third-order valence-corrected chi connectivity index (χ3v) is 6.09. The van der Waals surface area contributed by atoms with Gasteiger partial charge in [0, 0.05) is 13.2 Å². The first-order valence-corrected chi connectivity index (χ1v) is 8.67. The quantitative estimate of drug-likeness (QED) is 0.802. The van der Waals surface area contributed by atoms with E-state index in [9.17, 15) is 5.11 Å². The molecule has 0 aromatic rings. The standard InChI is InChI=1S/C17H31NO2/c1-18-11-5-9-17(19,10-12-18)15-6-13-20-16(14-15)7-3-2-4-8-16/h15,19H,2-14H2,1H3. The number of likely N-dealkylation sites (tertiary alicyclic amines) is 1. The van der Waals surface area contributed by atoms with Crippen LogP contribution in [-0.4, -0.2) is 48.0 Å². The van der Waals surface area contributed by atoms with Crippen molar-refractivity contribution in [3.8, 4) is 0 Å². The largest absolute Gasteiger partial charge is 0.390 e. The van der Waals surface area contributed by atoms with Crippen LogP contribution in [0.3, 0.4) is 0 Å². The van der Waals surface area contributed by atoms with E-state index in [0.717, 1.165) is 51.8 Å². The van der Waals surface area contributed by atoms with Crippen LogP contribution in [0.25, 0.3) is 0 Å². The highest BCUT2D eigenvalue weighted by atomic mass is 16.5. The minimum absolute atomic E-state index is 0.120. The minimum atomic E-state index is -0.432. The zero-order valence-corrected chi connectivity index (χ0v) is 13.1. The molecule has 0 radical (unpaired) electrons. The Bertz CT molecular complexity index is 321. The Morgan fingerprint density at radius 1 is 1.00 bits per heavy atom. The summed E-state index contributed by atoms with van der Waals surface area (Å²) in [5.41, 5.74) is -0.311. The number of rotatable bonds is 1. The van der Waals surface area contributed by atoms with Crippen molar-refractivity contribution in [2.24, 2.45) is 5.92 Å². The Kier molecular flexibility index (Phi) is 4.40. The minimum Gasteiger partial charge on any atom is -0.390 e. The van der Waals surface area contributed by atoms with E-state index in [1.165, 1.54) is 32.1 Å². The maximum absolute atomic E-state index is 11.2. The van der Waals surface area contributed by atoms with Crippen molar-refractivity contribution < 1.29 is 9.84 Å². The van der Waals surface area contributed by atoms with Crippen LogP contribution in [0.5, 0.6) is 0 Å². The van der Waals surface area contributed by atoms with Gasteiger partial charge in [-0.05, 0) is 64.5 Å². The van der Waals surface area contributed by atoms with Crippen molar-refractivity contribution in [3.05, 3.63) is 0 Å². The fraction of sp³-hybridized carbons (Fsp3) is 1.00. The van der Waals surface area contributed by atoms with Gasteiger partial charge in [0.05, 0.1) is 11.2 Å². The second-order valence-corrected chi connectivity index (χ2v) is 7.54. The van der Waals surface area contributed by atoms with Crippen molar-refractivity contribution in [1.29, 1.82) is 0 Å². The lowest BCUT2D eigenvalue weighted by Gasteiger charge is -2.48. The molecule has 116 valence electrons. The fourth-order valence-electron chi connectivity index (χ4n) is 4.72. The van der Waals surface area contributed by atoms with E-state index in [2.05, 4.69) is 11.9 Å². The Morgan fingerprint density at radius 3 is 2.60 bits per heavy atom. The molecule has 3 nitrogen and oxygen atoms in total. The summed E-state index contributed by atoms with van der Waals surface area (Å²) in [7, 11) is 2.18.